The zero-order valence-corrected chi connectivity index (χ0v) is 10.0. The molecule has 2 heterocycles. The van der Waals surface area contributed by atoms with Crippen molar-refractivity contribution in [1.82, 2.24) is 24.8 Å². The summed E-state index contributed by atoms with van der Waals surface area (Å²) < 4.78 is 2.67. The topological polar surface area (TPSA) is 85.8 Å². The second-order valence-corrected chi connectivity index (χ2v) is 4.39. The fraction of sp³-hybridized carbons (Fsp3) is 0.600. The van der Waals surface area contributed by atoms with Crippen molar-refractivity contribution in [2.75, 3.05) is 0 Å². The molecule has 0 aliphatic carbocycles. The summed E-state index contributed by atoms with van der Waals surface area (Å²) in [5.41, 5.74) is 0.174. The first-order valence-electron chi connectivity index (χ1n) is 5.44. The highest BCUT2D eigenvalue weighted by atomic mass is 16.3. The first-order valence-corrected chi connectivity index (χ1v) is 5.44. The molecule has 0 saturated carbocycles. The number of aromatic nitrogens is 5. The largest absolute Gasteiger partial charge is 0.391 e. The Labute approximate surface area is 97.7 Å². The molecule has 0 spiro atoms. The third-order valence-corrected chi connectivity index (χ3v) is 2.75. The van der Waals surface area contributed by atoms with Gasteiger partial charge >= 0.3 is 0 Å². The van der Waals surface area contributed by atoms with Gasteiger partial charge in [0.05, 0.1) is 18.8 Å². The summed E-state index contributed by atoms with van der Waals surface area (Å²) in [5.74, 6) is 0.0632. The summed E-state index contributed by atoms with van der Waals surface area (Å²) in [7, 11) is 1.70. The Kier molecular flexibility index (Phi) is 2.93. The molecular weight excluding hydrogens is 222 g/mol. The predicted molar refractivity (Wildman–Crippen MR) is 61.4 cm³/mol. The highest BCUT2D eigenvalue weighted by Crippen LogP contribution is 2.04. The molecule has 0 bridgehead atoms. The number of aliphatic hydroxyl groups is 1. The van der Waals surface area contributed by atoms with Crippen LogP contribution in [0.25, 0.3) is 11.0 Å². The molecule has 0 aliphatic rings. The van der Waals surface area contributed by atoms with Gasteiger partial charge in [-0.1, -0.05) is 19.1 Å². The fourth-order valence-electron chi connectivity index (χ4n) is 1.48. The average Bonchev–Trinajstić information content (AvgIpc) is 2.65. The summed E-state index contributed by atoms with van der Waals surface area (Å²) in [5, 5.41) is 21.8. The molecular formula is C10H15N5O2. The third kappa shape index (κ3) is 2.05. The van der Waals surface area contributed by atoms with Crippen LogP contribution in [0.2, 0.25) is 0 Å². The molecule has 1 N–H and O–H groups in total. The molecule has 92 valence electrons. The van der Waals surface area contributed by atoms with Crippen LogP contribution in [0.4, 0.5) is 0 Å². The van der Waals surface area contributed by atoms with Crippen molar-refractivity contribution in [2.45, 2.75) is 26.5 Å². The zero-order valence-electron chi connectivity index (χ0n) is 10.0. The lowest BCUT2D eigenvalue weighted by molar-refractivity contribution is 0.100. The van der Waals surface area contributed by atoms with E-state index in [1.165, 1.54) is 15.6 Å². The first-order chi connectivity index (χ1) is 8.00. The Morgan fingerprint density at radius 2 is 2.18 bits per heavy atom. The molecule has 7 heteroatoms. The average molecular weight is 237 g/mol. The van der Waals surface area contributed by atoms with E-state index in [9.17, 15) is 9.90 Å². The second kappa shape index (κ2) is 4.25. The number of hydrogen-bond acceptors (Lipinski definition) is 5. The number of aliphatic hydroxyl groups excluding tert-OH is 1. The summed E-state index contributed by atoms with van der Waals surface area (Å²) in [6.45, 7) is 3.91. The molecule has 0 saturated heterocycles. The van der Waals surface area contributed by atoms with Gasteiger partial charge in [0.1, 0.15) is 5.39 Å². The Morgan fingerprint density at radius 1 is 1.47 bits per heavy atom. The maximum Gasteiger partial charge on any atom is 0.280 e. The standard InChI is InChI=1S/C10H15N5O2/c1-6(2)8(16)5-15-10(17)7-4-11-14(3)9(7)12-13-15/h4,6,8,16H,5H2,1-3H3. The normalized spacial score (nSPS) is 13.5. The fourth-order valence-corrected chi connectivity index (χ4v) is 1.48. The maximum absolute atomic E-state index is 12.0. The van der Waals surface area contributed by atoms with Crippen LogP contribution in [0.3, 0.4) is 0 Å². The van der Waals surface area contributed by atoms with Crippen molar-refractivity contribution in [3.05, 3.63) is 16.6 Å². The summed E-state index contributed by atoms with van der Waals surface area (Å²) in [6, 6.07) is 0. The van der Waals surface area contributed by atoms with E-state index in [0.29, 0.717) is 11.0 Å². The molecule has 1 atom stereocenters. The molecule has 2 aromatic rings. The van der Waals surface area contributed by atoms with Crippen LogP contribution in [0.15, 0.2) is 11.0 Å². The zero-order chi connectivity index (χ0) is 12.6. The summed E-state index contributed by atoms with van der Waals surface area (Å²) in [4.78, 5) is 12.0. The van der Waals surface area contributed by atoms with Crippen LogP contribution < -0.4 is 5.56 Å². The molecule has 0 aromatic carbocycles. The number of aryl methyl sites for hydroxylation is 1. The van der Waals surface area contributed by atoms with Crippen LogP contribution in [-0.2, 0) is 13.6 Å². The third-order valence-electron chi connectivity index (χ3n) is 2.75. The lowest BCUT2D eigenvalue weighted by Gasteiger charge is -2.14. The van der Waals surface area contributed by atoms with Crippen LogP contribution in [0.5, 0.6) is 0 Å². The van der Waals surface area contributed by atoms with Crippen LogP contribution >= 0.6 is 0 Å². The van der Waals surface area contributed by atoms with Crippen LogP contribution in [0, 0.1) is 5.92 Å². The Morgan fingerprint density at radius 3 is 2.82 bits per heavy atom. The Bertz CT molecular complexity index is 586. The van der Waals surface area contributed by atoms with Crippen LogP contribution in [-0.4, -0.2) is 36.0 Å². The van der Waals surface area contributed by atoms with Crippen molar-refractivity contribution >= 4 is 11.0 Å². The van der Waals surface area contributed by atoms with Crippen molar-refractivity contribution < 1.29 is 5.11 Å². The van der Waals surface area contributed by atoms with Crippen molar-refractivity contribution in [2.24, 2.45) is 13.0 Å². The van der Waals surface area contributed by atoms with Gasteiger partial charge in [-0.3, -0.25) is 4.79 Å². The summed E-state index contributed by atoms with van der Waals surface area (Å²) >= 11 is 0. The highest BCUT2D eigenvalue weighted by Gasteiger charge is 2.14. The minimum Gasteiger partial charge on any atom is -0.391 e. The van der Waals surface area contributed by atoms with Gasteiger partial charge < -0.3 is 5.11 Å². The molecule has 0 radical (unpaired) electrons. The van der Waals surface area contributed by atoms with Gasteiger partial charge in [-0.25, -0.2) is 9.36 Å². The van der Waals surface area contributed by atoms with Gasteiger partial charge in [0.2, 0.25) is 0 Å². The van der Waals surface area contributed by atoms with Crippen LogP contribution in [0.1, 0.15) is 13.8 Å². The number of nitrogens with zero attached hydrogens (tertiary/aromatic N) is 5. The van der Waals surface area contributed by atoms with Crippen molar-refractivity contribution in [3.8, 4) is 0 Å². The van der Waals surface area contributed by atoms with Crippen molar-refractivity contribution in [3.63, 3.8) is 0 Å². The minimum absolute atomic E-state index is 0.0632. The maximum atomic E-state index is 12.0. The van der Waals surface area contributed by atoms with E-state index in [-0.39, 0.29) is 18.0 Å². The van der Waals surface area contributed by atoms with E-state index in [0.717, 1.165) is 0 Å². The van der Waals surface area contributed by atoms with Gasteiger partial charge in [0.25, 0.3) is 5.56 Å². The molecule has 1 unspecified atom stereocenters. The highest BCUT2D eigenvalue weighted by molar-refractivity contribution is 5.72. The van der Waals surface area contributed by atoms with E-state index in [1.807, 2.05) is 13.8 Å². The van der Waals surface area contributed by atoms with E-state index >= 15 is 0 Å². The van der Waals surface area contributed by atoms with E-state index in [4.69, 9.17) is 0 Å². The minimum atomic E-state index is -0.615. The first kappa shape index (κ1) is 11.7. The Balaban J connectivity index is 2.43. The molecule has 17 heavy (non-hydrogen) atoms. The summed E-state index contributed by atoms with van der Waals surface area (Å²) in [6.07, 6.45) is 0.848. The smallest absolute Gasteiger partial charge is 0.280 e. The molecule has 0 aliphatic heterocycles. The van der Waals surface area contributed by atoms with E-state index < -0.39 is 6.10 Å². The van der Waals surface area contributed by atoms with Gasteiger partial charge in [0.15, 0.2) is 5.65 Å². The monoisotopic (exact) mass is 237 g/mol. The quantitative estimate of drug-likeness (QED) is 0.780. The molecule has 0 fully saturated rings. The van der Waals surface area contributed by atoms with Gasteiger partial charge in [0, 0.05) is 7.05 Å². The lowest BCUT2D eigenvalue weighted by Crippen LogP contribution is -2.32. The molecule has 2 aromatic heterocycles. The number of fused-ring (bicyclic) bond motifs is 1. The molecule has 2 rings (SSSR count). The van der Waals surface area contributed by atoms with Gasteiger partial charge in [-0.15, -0.1) is 5.10 Å². The molecule has 7 nitrogen and oxygen atoms in total. The van der Waals surface area contributed by atoms with E-state index in [1.54, 1.807) is 7.05 Å². The Hall–Kier alpha value is -1.76. The van der Waals surface area contributed by atoms with Crippen molar-refractivity contribution in [1.29, 1.82) is 0 Å². The van der Waals surface area contributed by atoms with E-state index in [2.05, 4.69) is 15.4 Å². The number of hydrogen-bond donors (Lipinski definition) is 1. The number of rotatable bonds is 3. The molecule has 0 amide bonds. The van der Waals surface area contributed by atoms with Gasteiger partial charge in [-0.05, 0) is 5.92 Å². The van der Waals surface area contributed by atoms with Gasteiger partial charge in [-0.2, -0.15) is 5.10 Å². The lowest BCUT2D eigenvalue weighted by atomic mass is 10.1. The SMILES string of the molecule is CC(C)C(O)Cn1nnc2c(cnn2C)c1=O. The predicted octanol–water partition coefficient (Wildman–Crippen LogP) is -0.458. The second-order valence-electron chi connectivity index (χ2n) is 4.39.